The van der Waals surface area contributed by atoms with Gasteiger partial charge < -0.3 is 14.9 Å². The van der Waals surface area contributed by atoms with E-state index in [0.29, 0.717) is 31.4 Å². The molecule has 0 aliphatic heterocycles. The Morgan fingerprint density at radius 1 is 1.09 bits per heavy atom. The van der Waals surface area contributed by atoms with Gasteiger partial charge in [-0.3, -0.25) is 4.79 Å². The number of hydrogen-bond acceptors (Lipinski definition) is 5. The zero-order valence-electron chi connectivity index (χ0n) is 19.7. The Morgan fingerprint density at radius 3 is 2.62 bits per heavy atom. The highest BCUT2D eigenvalue weighted by Gasteiger charge is 2.19. The number of rotatable bonds is 10. The van der Waals surface area contributed by atoms with Gasteiger partial charge in [-0.1, -0.05) is 12.1 Å². The number of hydrogen-bond donors (Lipinski definition) is 2. The molecule has 1 amide bonds. The van der Waals surface area contributed by atoms with Crippen LogP contribution in [-0.4, -0.2) is 58.8 Å². The number of aromatic amines is 1. The van der Waals surface area contributed by atoms with Crippen molar-refractivity contribution in [3.8, 4) is 0 Å². The van der Waals surface area contributed by atoms with Crippen molar-refractivity contribution in [1.29, 1.82) is 0 Å². The van der Waals surface area contributed by atoms with Crippen LogP contribution in [0.5, 0.6) is 0 Å². The molecule has 4 rings (SSSR count). The molecule has 0 atom stereocenters. The first-order valence-corrected chi connectivity index (χ1v) is 12.9. The van der Waals surface area contributed by atoms with Crippen molar-refractivity contribution in [2.75, 3.05) is 20.6 Å². The maximum atomic E-state index is 12.4. The number of aromatic nitrogens is 4. The van der Waals surface area contributed by atoms with Crippen molar-refractivity contribution < 1.29 is 13.2 Å². The molecular formula is C24H30N6O3S. The lowest BCUT2D eigenvalue weighted by molar-refractivity contribution is -0.121. The Morgan fingerprint density at radius 2 is 1.88 bits per heavy atom. The molecule has 2 heterocycles. The zero-order chi connectivity index (χ0) is 24.3. The van der Waals surface area contributed by atoms with Gasteiger partial charge in [0.05, 0.1) is 27.0 Å². The number of benzene rings is 2. The number of nitrogens with zero attached hydrogens (tertiary/aromatic N) is 4. The van der Waals surface area contributed by atoms with Crippen LogP contribution in [0.15, 0.2) is 47.4 Å². The molecule has 0 saturated heterocycles. The van der Waals surface area contributed by atoms with Crippen molar-refractivity contribution >= 4 is 38.0 Å². The van der Waals surface area contributed by atoms with E-state index < -0.39 is 10.0 Å². The van der Waals surface area contributed by atoms with Gasteiger partial charge in [-0.2, -0.15) is 0 Å². The summed E-state index contributed by atoms with van der Waals surface area (Å²) in [4.78, 5) is 25.1. The van der Waals surface area contributed by atoms with Gasteiger partial charge in [-0.15, -0.1) is 0 Å². The maximum absolute atomic E-state index is 12.4. The Balaban J connectivity index is 1.33. The van der Waals surface area contributed by atoms with Gasteiger partial charge in [-0.05, 0) is 43.7 Å². The molecule has 0 spiro atoms. The van der Waals surface area contributed by atoms with Gasteiger partial charge in [0.15, 0.2) is 0 Å². The van der Waals surface area contributed by atoms with Crippen LogP contribution in [0, 0.1) is 0 Å². The van der Waals surface area contributed by atoms with E-state index in [1.54, 1.807) is 18.2 Å². The summed E-state index contributed by atoms with van der Waals surface area (Å²) in [6.45, 7) is 3.27. The average molecular weight is 483 g/mol. The summed E-state index contributed by atoms with van der Waals surface area (Å²) in [6.07, 6.45) is 2.35. The molecule has 0 radical (unpaired) electrons. The Kier molecular flexibility index (Phi) is 6.99. The molecule has 0 fully saturated rings. The van der Waals surface area contributed by atoms with Crippen LogP contribution in [0.4, 0.5) is 0 Å². The summed E-state index contributed by atoms with van der Waals surface area (Å²) in [6, 6.07) is 12.9. The smallest absolute Gasteiger partial charge is 0.242 e. The minimum atomic E-state index is -3.53. The molecule has 2 aromatic heterocycles. The fraction of sp³-hybridized carbons (Fsp3) is 0.375. The van der Waals surface area contributed by atoms with Crippen LogP contribution < -0.4 is 5.32 Å². The lowest BCUT2D eigenvalue weighted by atomic mass is 10.2. The predicted molar refractivity (Wildman–Crippen MR) is 132 cm³/mol. The SMILES string of the molecule is CCn1c(CCC(=O)NCCCc2nc3ccccc3[nH]2)nc2cc(S(=O)(=O)N(C)C)ccc21. The van der Waals surface area contributed by atoms with E-state index in [4.69, 9.17) is 0 Å². The monoisotopic (exact) mass is 482 g/mol. The summed E-state index contributed by atoms with van der Waals surface area (Å²) in [5, 5.41) is 2.97. The molecule has 0 saturated carbocycles. The molecule has 0 bridgehead atoms. The number of fused-ring (bicyclic) bond motifs is 2. The molecule has 10 heteroatoms. The summed E-state index contributed by atoms with van der Waals surface area (Å²) >= 11 is 0. The van der Waals surface area contributed by atoms with Crippen LogP contribution in [0.25, 0.3) is 22.1 Å². The number of imidazole rings is 2. The standard InChI is InChI=1S/C24H30N6O3S/c1-4-30-21-12-11-17(34(32,33)29(2)3)16-20(21)28-23(30)13-14-24(31)25-15-7-10-22-26-18-8-5-6-9-19(18)27-22/h5-6,8-9,11-12,16H,4,7,10,13-15H2,1-3H3,(H,25,31)(H,26,27). The number of amides is 1. The number of para-hydroxylation sites is 2. The molecule has 34 heavy (non-hydrogen) atoms. The van der Waals surface area contributed by atoms with Crippen LogP contribution >= 0.6 is 0 Å². The highest BCUT2D eigenvalue weighted by atomic mass is 32.2. The maximum Gasteiger partial charge on any atom is 0.242 e. The van der Waals surface area contributed by atoms with Gasteiger partial charge in [0, 0.05) is 46.4 Å². The third-order valence-corrected chi connectivity index (χ3v) is 7.63. The molecule has 0 aliphatic rings. The summed E-state index contributed by atoms with van der Waals surface area (Å²) < 4.78 is 28.1. The van der Waals surface area contributed by atoms with E-state index in [1.165, 1.54) is 18.4 Å². The molecule has 4 aromatic rings. The highest BCUT2D eigenvalue weighted by molar-refractivity contribution is 7.89. The number of nitrogens with one attached hydrogen (secondary N) is 2. The lowest BCUT2D eigenvalue weighted by Gasteiger charge is -2.11. The minimum absolute atomic E-state index is 0.0322. The first-order chi connectivity index (χ1) is 16.3. The van der Waals surface area contributed by atoms with Crippen LogP contribution in [0.3, 0.4) is 0 Å². The number of H-pyrrole nitrogens is 1. The van der Waals surface area contributed by atoms with E-state index in [2.05, 4.69) is 20.3 Å². The minimum Gasteiger partial charge on any atom is -0.356 e. The van der Waals surface area contributed by atoms with Gasteiger partial charge in [0.25, 0.3) is 0 Å². The number of sulfonamides is 1. The van der Waals surface area contributed by atoms with Gasteiger partial charge in [0.1, 0.15) is 11.6 Å². The van der Waals surface area contributed by atoms with Crippen molar-refractivity contribution in [3.63, 3.8) is 0 Å². The van der Waals surface area contributed by atoms with Gasteiger partial charge in [0.2, 0.25) is 15.9 Å². The van der Waals surface area contributed by atoms with E-state index in [1.807, 2.05) is 35.8 Å². The summed E-state index contributed by atoms with van der Waals surface area (Å²) in [7, 11) is -0.522. The largest absolute Gasteiger partial charge is 0.356 e. The Labute approximate surface area is 199 Å². The molecular weight excluding hydrogens is 452 g/mol. The van der Waals surface area contributed by atoms with Crippen LogP contribution in [0.1, 0.15) is 31.4 Å². The van der Waals surface area contributed by atoms with E-state index in [0.717, 1.165) is 41.0 Å². The van der Waals surface area contributed by atoms with Crippen LogP contribution in [0.2, 0.25) is 0 Å². The third kappa shape index (κ3) is 4.97. The normalized spacial score (nSPS) is 12.1. The first-order valence-electron chi connectivity index (χ1n) is 11.4. The zero-order valence-corrected chi connectivity index (χ0v) is 20.5. The second kappa shape index (κ2) is 9.94. The fourth-order valence-corrected chi connectivity index (χ4v) is 4.92. The van der Waals surface area contributed by atoms with Gasteiger partial charge >= 0.3 is 0 Å². The average Bonchev–Trinajstić information content (AvgIpc) is 3.40. The highest BCUT2D eigenvalue weighted by Crippen LogP contribution is 2.22. The van der Waals surface area contributed by atoms with Crippen LogP contribution in [-0.2, 0) is 34.2 Å². The molecule has 0 aliphatic carbocycles. The third-order valence-electron chi connectivity index (χ3n) is 5.82. The molecule has 2 N–H and O–H groups in total. The van der Waals surface area contributed by atoms with E-state index in [-0.39, 0.29) is 10.8 Å². The molecule has 9 nitrogen and oxygen atoms in total. The Hall–Kier alpha value is -3.24. The summed E-state index contributed by atoms with van der Waals surface area (Å²) in [5.74, 6) is 1.66. The quantitative estimate of drug-likeness (QED) is 0.338. The molecule has 0 unspecified atom stereocenters. The predicted octanol–water partition coefficient (Wildman–Crippen LogP) is 2.86. The van der Waals surface area contributed by atoms with Crippen molar-refractivity contribution in [2.45, 2.75) is 44.0 Å². The lowest BCUT2D eigenvalue weighted by Crippen LogP contribution is -2.25. The number of carbonyl (C=O) groups is 1. The summed E-state index contributed by atoms with van der Waals surface area (Å²) in [5.41, 5.74) is 3.45. The topological polar surface area (TPSA) is 113 Å². The van der Waals surface area contributed by atoms with Crippen molar-refractivity contribution in [1.82, 2.24) is 29.1 Å². The second-order valence-electron chi connectivity index (χ2n) is 8.36. The first kappa shape index (κ1) is 23.9. The van der Waals surface area contributed by atoms with Crippen molar-refractivity contribution in [3.05, 3.63) is 54.1 Å². The van der Waals surface area contributed by atoms with E-state index >= 15 is 0 Å². The molecule has 180 valence electrons. The fourth-order valence-electron chi connectivity index (χ4n) is 4.00. The van der Waals surface area contributed by atoms with Crippen molar-refractivity contribution in [2.24, 2.45) is 0 Å². The second-order valence-corrected chi connectivity index (χ2v) is 10.5. The van der Waals surface area contributed by atoms with Gasteiger partial charge in [-0.25, -0.2) is 22.7 Å². The number of aryl methyl sites for hydroxylation is 3. The number of carbonyl (C=O) groups excluding carboxylic acids is 1. The Bertz CT molecular complexity index is 1390. The van der Waals surface area contributed by atoms with E-state index in [9.17, 15) is 13.2 Å². The molecule has 2 aromatic carbocycles.